The molecule has 13 nitrogen and oxygen atoms in total. The number of anilines is 2. The van der Waals surface area contributed by atoms with E-state index in [0.717, 1.165) is 16.7 Å². The highest BCUT2D eigenvalue weighted by Gasteiger charge is 2.35. The largest absolute Gasteiger partial charge is 0.497 e. The first-order chi connectivity index (χ1) is 22.1. The molecule has 1 saturated heterocycles. The minimum atomic E-state index is -0.594. The van der Waals surface area contributed by atoms with E-state index in [0.29, 0.717) is 72.7 Å². The number of hydrogen-bond acceptors (Lipinski definition) is 11. The van der Waals surface area contributed by atoms with Crippen molar-refractivity contribution in [3.8, 4) is 23.0 Å². The molecule has 2 aliphatic heterocycles. The first-order valence-corrected chi connectivity index (χ1v) is 15.0. The lowest BCUT2D eigenvalue weighted by Gasteiger charge is -2.37. The van der Waals surface area contributed by atoms with E-state index in [1.165, 1.54) is 6.39 Å². The van der Waals surface area contributed by atoms with Crippen molar-refractivity contribution in [2.75, 3.05) is 39.2 Å². The molecule has 6 rings (SSSR count). The number of rotatable bonds is 8. The monoisotopic (exact) mass is 627 g/mol. The molecule has 240 valence electrons. The Balaban J connectivity index is 1.26. The molecule has 5 heterocycles. The summed E-state index contributed by atoms with van der Waals surface area (Å²) in [4.78, 5) is 43.7. The van der Waals surface area contributed by atoms with Gasteiger partial charge in [-0.25, -0.2) is 14.8 Å². The molecular weight excluding hydrogens is 590 g/mol. The summed E-state index contributed by atoms with van der Waals surface area (Å²) in [5.74, 6) is 2.11. The summed E-state index contributed by atoms with van der Waals surface area (Å²) in [5.41, 5.74) is 3.37. The van der Waals surface area contributed by atoms with Crippen LogP contribution in [-0.2, 0) is 17.8 Å². The van der Waals surface area contributed by atoms with Crippen LogP contribution in [0.5, 0.6) is 11.5 Å². The Hall–Kier alpha value is -5.17. The number of nitrogens with one attached hydrogen (secondary N) is 2. The van der Waals surface area contributed by atoms with Crippen LogP contribution in [0.25, 0.3) is 11.5 Å². The quantitative estimate of drug-likeness (QED) is 0.274. The zero-order valence-electron chi connectivity index (χ0n) is 26.5. The molecule has 1 fully saturated rings. The molecule has 4 aromatic rings. The van der Waals surface area contributed by atoms with Crippen molar-refractivity contribution in [2.24, 2.45) is 0 Å². The van der Waals surface area contributed by atoms with E-state index in [9.17, 15) is 9.59 Å². The number of fused-ring (bicyclic) bond motifs is 1. The van der Waals surface area contributed by atoms with Crippen molar-refractivity contribution in [1.82, 2.24) is 30.1 Å². The lowest BCUT2D eigenvalue weighted by molar-refractivity contribution is 0.0117. The maximum atomic E-state index is 14.0. The lowest BCUT2D eigenvalue weighted by atomic mass is 10.1. The van der Waals surface area contributed by atoms with Crippen LogP contribution < -0.4 is 20.1 Å². The predicted molar refractivity (Wildman–Crippen MR) is 169 cm³/mol. The molecule has 0 spiro atoms. The number of piperazine rings is 1. The van der Waals surface area contributed by atoms with Crippen LogP contribution in [-0.4, -0.2) is 76.2 Å². The first-order valence-electron chi connectivity index (χ1n) is 15.0. The molecular formula is C33H37N7O6. The van der Waals surface area contributed by atoms with E-state index in [1.54, 1.807) is 48.7 Å². The fourth-order valence-electron chi connectivity index (χ4n) is 5.68. The Bertz CT molecular complexity index is 1720. The van der Waals surface area contributed by atoms with E-state index in [4.69, 9.17) is 18.6 Å². The van der Waals surface area contributed by atoms with Crippen molar-refractivity contribution in [3.63, 3.8) is 0 Å². The SMILES string of the molecule is COc1ccc(CN2Cc3c(-c4cnco4)ncc(Nc4ccc(C5CNCCN5C(=O)OC(C)(C)C)cn4)c3C2=O)c(OC)c1. The van der Waals surface area contributed by atoms with E-state index >= 15 is 0 Å². The number of pyridine rings is 2. The summed E-state index contributed by atoms with van der Waals surface area (Å²) in [6.45, 7) is 7.97. The van der Waals surface area contributed by atoms with Gasteiger partial charge in [0.25, 0.3) is 5.91 Å². The van der Waals surface area contributed by atoms with E-state index < -0.39 is 5.60 Å². The molecule has 0 bridgehead atoms. The number of carbonyl (C=O) groups excluding carboxylic acids is 2. The third-order valence-corrected chi connectivity index (χ3v) is 7.86. The fourth-order valence-corrected chi connectivity index (χ4v) is 5.68. The third kappa shape index (κ3) is 6.31. The van der Waals surface area contributed by atoms with Crippen molar-refractivity contribution < 1.29 is 28.2 Å². The predicted octanol–water partition coefficient (Wildman–Crippen LogP) is 4.93. The molecule has 46 heavy (non-hydrogen) atoms. The van der Waals surface area contributed by atoms with Crippen LogP contribution in [0.3, 0.4) is 0 Å². The van der Waals surface area contributed by atoms with Gasteiger partial charge < -0.3 is 34.2 Å². The Morgan fingerprint density at radius 2 is 1.96 bits per heavy atom. The lowest BCUT2D eigenvalue weighted by Crippen LogP contribution is -2.50. The van der Waals surface area contributed by atoms with Crippen LogP contribution >= 0.6 is 0 Å². The zero-order chi connectivity index (χ0) is 32.4. The first kappa shape index (κ1) is 30.8. The Morgan fingerprint density at radius 3 is 2.65 bits per heavy atom. The van der Waals surface area contributed by atoms with Gasteiger partial charge in [-0.15, -0.1) is 0 Å². The number of amides is 2. The summed E-state index contributed by atoms with van der Waals surface area (Å²) < 4.78 is 22.1. The Kier molecular flexibility index (Phi) is 8.50. The number of oxazole rings is 1. The molecule has 13 heteroatoms. The maximum absolute atomic E-state index is 14.0. The summed E-state index contributed by atoms with van der Waals surface area (Å²) >= 11 is 0. The smallest absolute Gasteiger partial charge is 0.410 e. The van der Waals surface area contributed by atoms with Gasteiger partial charge in [0, 0.05) is 56.1 Å². The summed E-state index contributed by atoms with van der Waals surface area (Å²) in [6, 6.07) is 9.04. The molecule has 0 radical (unpaired) electrons. The molecule has 2 amide bonds. The molecule has 2 aliphatic rings. The van der Waals surface area contributed by atoms with Gasteiger partial charge in [0.05, 0.1) is 43.9 Å². The Labute approximate surface area is 266 Å². The van der Waals surface area contributed by atoms with Gasteiger partial charge in [0.2, 0.25) is 0 Å². The number of carbonyl (C=O) groups is 2. The third-order valence-electron chi connectivity index (χ3n) is 7.86. The van der Waals surface area contributed by atoms with Crippen molar-refractivity contribution in [3.05, 3.63) is 77.6 Å². The van der Waals surface area contributed by atoms with Crippen molar-refractivity contribution in [2.45, 2.75) is 45.5 Å². The number of aromatic nitrogens is 3. The van der Waals surface area contributed by atoms with Gasteiger partial charge in [-0.3, -0.25) is 14.7 Å². The van der Waals surface area contributed by atoms with Gasteiger partial charge in [0.1, 0.15) is 28.6 Å². The van der Waals surface area contributed by atoms with Crippen molar-refractivity contribution >= 4 is 23.5 Å². The number of nitrogens with zero attached hydrogens (tertiary/aromatic N) is 5. The average molecular weight is 628 g/mol. The second-order valence-electron chi connectivity index (χ2n) is 12.1. The number of methoxy groups -OCH3 is 2. The average Bonchev–Trinajstić information content (AvgIpc) is 3.70. The van der Waals surface area contributed by atoms with Gasteiger partial charge >= 0.3 is 6.09 Å². The highest BCUT2D eigenvalue weighted by atomic mass is 16.6. The van der Waals surface area contributed by atoms with E-state index in [1.807, 2.05) is 45.0 Å². The second-order valence-corrected chi connectivity index (χ2v) is 12.1. The molecule has 2 N–H and O–H groups in total. The summed E-state index contributed by atoms with van der Waals surface area (Å²) in [7, 11) is 3.18. The number of benzene rings is 1. The van der Waals surface area contributed by atoms with Gasteiger partial charge in [0.15, 0.2) is 12.2 Å². The van der Waals surface area contributed by atoms with Gasteiger partial charge in [-0.05, 0) is 44.5 Å². The topological polar surface area (TPSA) is 144 Å². The van der Waals surface area contributed by atoms with Crippen LogP contribution in [0.4, 0.5) is 16.3 Å². The molecule has 0 saturated carbocycles. The highest BCUT2D eigenvalue weighted by molar-refractivity contribution is 6.05. The molecule has 3 aromatic heterocycles. The highest BCUT2D eigenvalue weighted by Crippen LogP contribution is 2.38. The summed E-state index contributed by atoms with van der Waals surface area (Å²) in [5, 5.41) is 6.65. The summed E-state index contributed by atoms with van der Waals surface area (Å²) in [6.07, 6.45) is 5.90. The van der Waals surface area contributed by atoms with E-state index in [-0.39, 0.29) is 18.0 Å². The molecule has 1 atom stereocenters. The van der Waals surface area contributed by atoms with Crippen LogP contribution in [0.15, 0.2) is 59.7 Å². The van der Waals surface area contributed by atoms with Gasteiger partial charge in [-0.2, -0.15) is 0 Å². The number of hydrogen-bond donors (Lipinski definition) is 2. The van der Waals surface area contributed by atoms with E-state index in [2.05, 4.69) is 25.6 Å². The second kappa shape index (κ2) is 12.7. The Morgan fingerprint density at radius 1 is 1.11 bits per heavy atom. The van der Waals surface area contributed by atoms with Gasteiger partial charge in [-0.1, -0.05) is 6.07 Å². The van der Waals surface area contributed by atoms with Crippen LogP contribution in [0.2, 0.25) is 0 Å². The maximum Gasteiger partial charge on any atom is 0.410 e. The molecule has 1 unspecified atom stereocenters. The van der Waals surface area contributed by atoms with Crippen molar-refractivity contribution in [1.29, 1.82) is 0 Å². The molecule has 1 aromatic carbocycles. The normalized spacial score (nSPS) is 16.3. The molecule has 0 aliphatic carbocycles. The standard InChI is InChI=1S/C33H37N7O6/c1-33(2,3)46-32(42)40-11-10-34-15-25(40)20-7-9-28(36-13-20)38-24-14-37-30(27-16-35-19-45-27)23-18-39(31(41)29(23)24)17-21-6-8-22(43-4)12-26(21)44-5/h6-9,12-14,16,19,25,34H,10-11,15,17-18H2,1-5H3,(H,36,38). The minimum Gasteiger partial charge on any atom is -0.497 e. The van der Waals surface area contributed by atoms with Crippen LogP contribution in [0.1, 0.15) is 53.9 Å². The number of ether oxygens (including phenoxy) is 3. The van der Waals surface area contributed by atoms with Crippen LogP contribution in [0, 0.1) is 0 Å². The fraction of sp³-hybridized carbons (Fsp3) is 0.364. The zero-order valence-corrected chi connectivity index (χ0v) is 26.5. The minimum absolute atomic E-state index is 0.170.